The highest BCUT2D eigenvalue weighted by molar-refractivity contribution is 5.79. The Morgan fingerprint density at radius 2 is 1.79 bits per heavy atom. The van der Waals surface area contributed by atoms with Crippen LogP contribution in [0.2, 0.25) is 0 Å². The highest BCUT2D eigenvalue weighted by Gasteiger charge is 2.30. The molecule has 2 N–H and O–H groups in total. The van der Waals surface area contributed by atoms with Gasteiger partial charge in [-0.2, -0.15) is 0 Å². The Morgan fingerprint density at radius 3 is 2.50 bits per heavy atom. The Balaban J connectivity index is 1.35. The fourth-order valence-corrected chi connectivity index (χ4v) is 4.22. The van der Waals surface area contributed by atoms with Gasteiger partial charge in [0, 0.05) is 44.2 Å². The Kier molecular flexibility index (Phi) is 7.86. The number of likely N-dealkylation sites (tertiary alicyclic amines) is 1. The van der Waals surface area contributed by atoms with Gasteiger partial charge in [0.05, 0.1) is 0 Å². The topological polar surface area (TPSA) is 70.7 Å². The monoisotopic (exact) mass is 387 g/mol. The molecule has 28 heavy (non-hydrogen) atoms. The van der Waals surface area contributed by atoms with Crippen LogP contribution in [-0.4, -0.2) is 55.1 Å². The van der Waals surface area contributed by atoms with Crippen molar-refractivity contribution < 1.29 is 14.3 Å². The molecule has 0 radical (unpaired) electrons. The molecule has 6 nitrogen and oxygen atoms in total. The number of benzene rings is 1. The number of hydrogen-bond donors (Lipinski definition) is 2. The van der Waals surface area contributed by atoms with E-state index >= 15 is 0 Å². The lowest BCUT2D eigenvalue weighted by Crippen LogP contribution is -2.44. The van der Waals surface area contributed by atoms with Gasteiger partial charge in [0.15, 0.2) is 0 Å². The summed E-state index contributed by atoms with van der Waals surface area (Å²) < 4.78 is 5.14. The Bertz CT molecular complexity index is 629. The molecule has 1 heterocycles. The van der Waals surface area contributed by atoms with Crippen molar-refractivity contribution in [2.75, 3.05) is 26.3 Å². The number of hydrogen-bond acceptors (Lipinski definition) is 4. The first-order valence-electron chi connectivity index (χ1n) is 10.6. The first-order valence-corrected chi connectivity index (χ1v) is 10.6. The van der Waals surface area contributed by atoms with E-state index in [0.29, 0.717) is 6.61 Å². The molecule has 1 aromatic carbocycles. The third-order valence-corrected chi connectivity index (χ3v) is 5.77. The molecule has 2 aliphatic rings. The fraction of sp³-hybridized carbons (Fsp3) is 0.636. The van der Waals surface area contributed by atoms with E-state index in [9.17, 15) is 9.59 Å². The Hall–Kier alpha value is -1.92. The molecule has 1 saturated heterocycles. The van der Waals surface area contributed by atoms with E-state index in [2.05, 4.69) is 39.8 Å². The van der Waals surface area contributed by atoms with Crippen molar-refractivity contribution >= 4 is 11.8 Å². The van der Waals surface area contributed by atoms with Crippen LogP contribution in [0.25, 0.3) is 0 Å². The zero-order valence-corrected chi connectivity index (χ0v) is 16.9. The molecule has 1 atom stereocenters. The second kappa shape index (κ2) is 10.6. The normalized spacial score (nSPS) is 25.4. The lowest BCUT2D eigenvalue weighted by atomic mass is 9.85. The number of carbonyl (C=O) groups excluding carboxylic acids is 2. The van der Waals surface area contributed by atoms with Crippen LogP contribution in [0.15, 0.2) is 30.3 Å². The van der Waals surface area contributed by atoms with Gasteiger partial charge in [0.1, 0.15) is 6.61 Å². The van der Waals surface area contributed by atoms with Crippen LogP contribution in [0.5, 0.6) is 0 Å². The first kappa shape index (κ1) is 20.8. The van der Waals surface area contributed by atoms with Crippen molar-refractivity contribution in [3.8, 4) is 0 Å². The van der Waals surface area contributed by atoms with Gasteiger partial charge < -0.3 is 15.4 Å². The van der Waals surface area contributed by atoms with Crippen LogP contribution < -0.4 is 10.6 Å². The number of rotatable bonds is 8. The summed E-state index contributed by atoms with van der Waals surface area (Å²) >= 11 is 0. The molecule has 3 rings (SSSR count). The van der Waals surface area contributed by atoms with Gasteiger partial charge in [0.25, 0.3) is 0 Å². The van der Waals surface area contributed by atoms with Crippen LogP contribution in [0.3, 0.4) is 0 Å². The lowest BCUT2D eigenvalue weighted by molar-refractivity contribution is -0.127. The molecule has 1 aromatic rings. The summed E-state index contributed by atoms with van der Waals surface area (Å²) in [5.74, 6) is 0.202. The average molecular weight is 388 g/mol. The van der Waals surface area contributed by atoms with Gasteiger partial charge in [-0.05, 0) is 44.6 Å². The number of carbonyl (C=O) groups is 2. The second-order valence-electron chi connectivity index (χ2n) is 7.97. The molecular weight excluding hydrogens is 354 g/mol. The van der Waals surface area contributed by atoms with Crippen LogP contribution in [-0.2, 0) is 20.9 Å². The van der Waals surface area contributed by atoms with Crippen molar-refractivity contribution in [2.24, 2.45) is 5.92 Å². The van der Waals surface area contributed by atoms with E-state index in [-0.39, 0.29) is 36.4 Å². The van der Waals surface area contributed by atoms with E-state index in [1.54, 1.807) is 0 Å². The Morgan fingerprint density at radius 1 is 1.04 bits per heavy atom. The number of nitrogens with one attached hydrogen (secondary N) is 2. The Labute approximate surface area is 168 Å². The molecule has 1 aliphatic heterocycles. The summed E-state index contributed by atoms with van der Waals surface area (Å²) in [6.07, 6.45) is 4.42. The predicted molar refractivity (Wildman–Crippen MR) is 109 cm³/mol. The predicted octanol–water partition coefficient (Wildman–Crippen LogP) is 2.09. The quantitative estimate of drug-likeness (QED) is 0.717. The molecule has 0 aromatic heterocycles. The largest absolute Gasteiger partial charge is 0.372 e. The third-order valence-electron chi connectivity index (χ3n) is 5.77. The molecule has 6 heteroatoms. The summed E-state index contributed by atoms with van der Waals surface area (Å²) in [5.41, 5.74) is 1.32. The SMILES string of the molecule is CCOCC(=O)NC1CCC(C(=O)NC2CCN(Cc3ccccc3)C2)CC1. The van der Waals surface area contributed by atoms with Gasteiger partial charge in [-0.3, -0.25) is 14.5 Å². The molecule has 0 bridgehead atoms. The van der Waals surface area contributed by atoms with E-state index in [0.717, 1.165) is 51.7 Å². The highest BCUT2D eigenvalue weighted by Crippen LogP contribution is 2.25. The molecule has 2 amide bonds. The molecule has 1 aliphatic carbocycles. The van der Waals surface area contributed by atoms with E-state index in [1.165, 1.54) is 5.56 Å². The zero-order valence-electron chi connectivity index (χ0n) is 16.9. The summed E-state index contributed by atoms with van der Waals surface area (Å²) in [5, 5.41) is 6.27. The minimum Gasteiger partial charge on any atom is -0.372 e. The zero-order chi connectivity index (χ0) is 19.8. The smallest absolute Gasteiger partial charge is 0.246 e. The maximum atomic E-state index is 12.7. The number of nitrogens with zero attached hydrogens (tertiary/aromatic N) is 1. The molecule has 2 fully saturated rings. The average Bonchev–Trinajstić information content (AvgIpc) is 3.14. The van der Waals surface area contributed by atoms with Gasteiger partial charge in [-0.15, -0.1) is 0 Å². The van der Waals surface area contributed by atoms with Gasteiger partial charge >= 0.3 is 0 Å². The minimum absolute atomic E-state index is 0.0563. The fourth-order valence-electron chi connectivity index (χ4n) is 4.22. The molecule has 1 saturated carbocycles. The van der Waals surface area contributed by atoms with Crippen LogP contribution in [0, 0.1) is 5.92 Å². The van der Waals surface area contributed by atoms with E-state index in [4.69, 9.17) is 4.74 Å². The number of amides is 2. The molecule has 0 spiro atoms. The van der Waals surface area contributed by atoms with Crippen molar-refractivity contribution in [2.45, 2.75) is 57.7 Å². The second-order valence-corrected chi connectivity index (χ2v) is 7.97. The molecule has 1 unspecified atom stereocenters. The van der Waals surface area contributed by atoms with Gasteiger partial charge in [-0.25, -0.2) is 0 Å². The van der Waals surface area contributed by atoms with E-state index in [1.807, 2.05) is 13.0 Å². The maximum Gasteiger partial charge on any atom is 0.246 e. The highest BCUT2D eigenvalue weighted by atomic mass is 16.5. The van der Waals surface area contributed by atoms with Crippen molar-refractivity contribution in [1.82, 2.24) is 15.5 Å². The summed E-state index contributed by atoms with van der Waals surface area (Å²) in [4.78, 5) is 26.8. The van der Waals surface area contributed by atoms with Crippen LogP contribution in [0.4, 0.5) is 0 Å². The van der Waals surface area contributed by atoms with Crippen LogP contribution >= 0.6 is 0 Å². The van der Waals surface area contributed by atoms with Gasteiger partial charge in [-0.1, -0.05) is 30.3 Å². The minimum atomic E-state index is -0.0563. The summed E-state index contributed by atoms with van der Waals surface area (Å²) in [7, 11) is 0. The third kappa shape index (κ3) is 6.31. The molecule has 154 valence electrons. The summed E-state index contributed by atoms with van der Waals surface area (Å²) in [6.45, 7) is 5.44. The van der Waals surface area contributed by atoms with Crippen LogP contribution in [0.1, 0.15) is 44.6 Å². The number of ether oxygens (including phenoxy) is 1. The van der Waals surface area contributed by atoms with Crippen molar-refractivity contribution in [3.63, 3.8) is 0 Å². The standard InChI is InChI=1S/C22H33N3O3/c1-2-28-16-21(26)23-19-10-8-18(9-11-19)22(27)24-20-12-13-25(15-20)14-17-6-4-3-5-7-17/h3-7,18-20H,2,8-16H2,1H3,(H,23,26)(H,24,27). The first-order chi connectivity index (χ1) is 13.6. The summed E-state index contributed by atoms with van der Waals surface area (Å²) in [6, 6.07) is 10.9. The van der Waals surface area contributed by atoms with Gasteiger partial charge in [0.2, 0.25) is 11.8 Å². The maximum absolute atomic E-state index is 12.7. The lowest BCUT2D eigenvalue weighted by Gasteiger charge is -2.29. The van der Waals surface area contributed by atoms with Crippen molar-refractivity contribution in [1.29, 1.82) is 0 Å². The van der Waals surface area contributed by atoms with E-state index < -0.39 is 0 Å². The van der Waals surface area contributed by atoms with Crippen molar-refractivity contribution in [3.05, 3.63) is 35.9 Å². The molecular formula is C22H33N3O3.